The van der Waals surface area contributed by atoms with Crippen molar-refractivity contribution in [1.29, 1.82) is 0 Å². The van der Waals surface area contributed by atoms with Gasteiger partial charge in [0, 0.05) is 30.6 Å². The number of aryl methyl sites for hydroxylation is 1. The predicted molar refractivity (Wildman–Crippen MR) is 79.8 cm³/mol. The number of nitro benzene ring substituents is 1. The molecule has 0 spiro atoms. The van der Waals surface area contributed by atoms with E-state index in [4.69, 9.17) is 5.73 Å². The summed E-state index contributed by atoms with van der Waals surface area (Å²) < 4.78 is 0. The number of nitro groups is 1. The van der Waals surface area contributed by atoms with E-state index in [0.29, 0.717) is 12.8 Å². The van der Waals surface area contributed by atoms with Crippen LogP contribution in [0.5, 0.6) is 0 Å². The highest BCUT2D eigenvalue weighted by Crippen LogP contribution is 2.17. The van der Waals surface area contributed by atoms with Crippen LogP contribution in [0.3, 0.4) is 0 Å². The number of hydrogen-bond acceptors (Lipinski definition) is 4. The van der Waals surface area contributed by atoms with Gasteiger partial charge in [0.15, 0.2) is 0 Å². The molecule has 2 rings (SSSR count). The zero-order valence-corrected chi connectivity index (χ0v) is 12.0. The third kappa shape index (κ3) is 4.82. The van der Waals surface area contributed by atoms with Crippen LogP contribution in [0.4, 0.5) is 5.69 Å². The standard InChI is InChI=1S/C15H21N3O3/c16-12-5-7-13(8-6-12)17-15(19)9-4-11-2-1-3-14(10-11)18(20)21/h1-3,10,12-13H,4-9,16H2,(H,17,19). The van der Waals surface area contributed by atoms with Gasteiger partial charge >= 0.3 is 0 Å². The van der Waals surface area contributed by atoms with Crippen LogP contribution in [0.2, 0.25) is 0 Å². The van der Waals surface area contributed by atoms with E-state index in [2.05, 4.69) is 5.32 Å². The molecule has 114 valence electrons. The lowest BCUT2D eigenvalue weighted by Gasteiger charge is -2.26. The number of carbonyl (C=O) groups is 1. The van der Waals surface area contributed by atoms with E-state index >= 15 is 0 Å². The molecule has 0 saturated heterocycles. The second-order valence-corrected chi connectivity index (χ2v) is 5.61. The van der Waals surface area contributed by atoms with E-state index < -0.39 is 4.92 Å². The van der Waals surface area contributed by atoms with Crippen molar-refractivity contribution in [3.8, 4) is 0 Å². The SMILES string of the molecule is NC1CCC(NC(=O)CCc2cccc([N+](=O)[O-])c2)CC1. The molecule has 1 amide bonds. The summed E-state index contributed by atoms with van der Waals surface area (Å²) in [6, 6.07) is 6.92. The zero-order chi connectivity index (χ0) is 15.2. The Bertz CT molecular complexity index is 511. The van der Waals surface area contributed by atoms with Crippen molar-refractivity contribution in [3.63, 3.8) is 0 Å². The lowest BCUT2D eigenvalue weighted by atomic mass is 9.91. The van der Waals surface area contributed by atoms with Crippen molar-refractivity contribution in [3.05, 3.63) is 39.9 Å². The molecule has 0 bridgehead atoms. The minimum absolute atomic E-state index is 0.00183. The van der Waals surface area contributed by atoms with Crippen LogP contribution in [-0.2, 0) is 11.2 Å². The number of nitrogens with two attached hydrogens (primary N) is 1. The Labute approximate surface area is 123 Å². The van der Waals surface area contributed by atoms with Gasteiger partial charge in [0.25, 0.3) is 5.69 Å². The highest BCUT2D eigenvalue weighted by molar-refractivity contribution is 5.76. The second kappa shape index (κ2) is 7.17. The van der Waals surface area contributed by atoms with Crippen LogP contribution >= 0.6 is 0 Å². The van der Waals surface area contributed by atoms with Crippen LogP contribution in [0.15, 0.2) is 24.3 Å². The van der Waals surface area contributed by atoms with Gasteiger partial charge in [0.2, 0.25) is 5.91 Å². The van der Waals surface area contributed by atoms with Crippen molar-refractivity contribution in [2.45, 2.75) is 50.6 Å². The van der Waals surface area contributed by atoms with E-state index in [1.807, 2.05) is 0 Å². The summed E-state index contributed by atoms with van der Waals surface area (Å²) >= 11 is 0. The number of rotatable bonds is 5. The first-order chi connectivity index (χ1) is 10.0. The molecule has 6 heteroatoms. The molecule has 0 atom stereocenters. The Hall–Kier alpha value is -1.95. The van der Waals surface area contributed by atoms with Crippen LogP contribution < -0.4 is 11.1 Å². The van der Waals surface area contributed by atoms with Crippen molar-refractivity contribution in [2.75, 3.05) is 0 Å². The number of benzene rings is 1. The van der Waals surface area contributed by atoms with E-state index in [1.165, 1.54) is 12.1 Å². The number of amides is 1. The van der Waals surface area contributed by atoms with Crippen LogP contribution in [-0.4, -0.2) is 22.9 Å². The average Bonchev–Trinajstić information content (AvgIpc) is 2.48. The molecule has 1 aliphatic carbocycles. The van der Waals surface area contributed by atoms with Gasteiger partial charge < -0.3 is 11.1 Å². The Balaban J connectivity index is 1.78. The molecular weight excluding hydrogens is 270 g/mol. The highest BCUT2D eigenvalue weighted by Gasteiger charge is 2.19. The van der Waals surface area contributed by atoms with Gasteiger partial charge in [0.1, 0.15) is 0 Å². The fraction of sp³-hybridized carbons (Fsp3) is 0.533. The van der Waals surface area contributed by atoms with Crippen molar-refractivity contribution in [1.82, 2.24) is 5.32 Å². The van der Waals surface area contributed by atoms with Gasteiger partial charge in [-0.25, -0.2) is 0 Å². The molecule has 0 unspecified atom stereocenters. The smallest absolute Gasteiger partial charge is 0.269 e. The fourth-order valence-corrected chi connectivity index (χ4v) is 2.65. The third-order valence-corrected chi connectivity index (χ3v) is 3.90. The number of nitrogens with one attached hydrogen (secondary N) is 1. The van der Waals surface area contributed by atoms with Gasteiger partial charge in [0.05, 0.1) is 4.92 Å². The van der Waals surface area contributed by atoms with Crippen LogP contribution in [0.25, 0.3) is 0 Å². The fourth-order valence-electron chi connectivity index (χ4n) is 2.65. The molecule has 0 aliphatic heterocycles. The molecule has 3 N–H and O–H groups in total. The molecule has 0 heterocycles. The Morgan fingerprint density at radius 2 is 2.05 bits per heavy atom. The normalized spacial score (nSPS) is 21.8. The average molecular weight is 291 g/mol. The quantitative estimate of drug-likeness (QED) is 0.639. The first-order valence-corrected chi connectivity index (χ1v) is 7.33. The van der Waals surface area contributed by atoms with E-state index in [1.54, 1.807) is 12.1 Å². The second-order valence-electron chi connectivity index (χ2n) is 5.61. The molecule has 1 fully saturated rings. The van der Waals surface area contributed by atoms with Gasteiger partial charge in [-0.2, -0.15) is 0 Å². The molecule has 0 aromatic heterocycles. The minimum atomic E-state index is -0.422. The topological polar surface area (TPSA) is 98.3 Å². The Morgan fingerprint density at radius 3 is 2.71 bits per heavy atom. The van der Waals surface area contributed by atoms with Crippen LogP contribution in [0, 0.1) is 10.1 Å². The summed E-state index contributed by atoms with van der Waals surface area (Å²) in [6.07, 6.45) is 4.64. The van der Waals surface area contributed by atoms with Gasteiger partial charge in [-0.05, 0) is 37.7 Å². The number of nitrogens with zero attached hydrogens (tertiary/aromatic N) is 1. The van der Waals surface area contributed by atoms with E-state index in [0.717, 1.165) is 31.2 Å². The zero-order valence-electron chi connectivity index (χ0n) is 12.0. The molecular formula is C15H21N3O3. The summed E-state index contributed by atoms with van der Waals surface area (Å²) in [5.41, 5.74) is 6.71. The largest absolute Gasteiger partial charge is 0.353 e. The lowest BCUT2D eigenvalue weighted by molar-refractivity contribution is -0.384. The van der Waals surface area contributed by atoms with Gasteiger partial charge in [-0.15, -0.1) is 0 Å². The van der Waals surface area contributed by atoms with E-state index in [9.17, 15) is 14.9 Å². The molecule has 21 heavy (non-hydrogen) atoms. The predicted octanol–water partition coefficient (Wildman–Crippen LogP) is 1.91. The monoisotopic (exact) mass is 291 g/mol. The maximum absolute atomic E-state index is 11.9. The Morgan fingerprint density at radius 1 is 1.33 bits per heavy atom. The summed E-state index contributed by atoms with van der Waals surface area (Å²) in [5.74, 6) is 0.00183. The Kier molecular flexibility index (Phi) is 5.27. The first kappa shape index (κ1) is 15.4. The van der Waals surface area contributed by atoms with Gasteiger partial charge in [-0.1, -0.05) is 12.1 Å². The summed E-state index contributed by atoms with van der Waals surface area (Å²) in [7, 11) is 0. The summed E-state index contributed by atoms with van der Waals surface area (Å²) in [4.78, 5) is 22.2. The van der Waals surface area contributed by atoms with Crippen LogP contribution in [0.1, 0.15) is 37.7 Å². The molecule has 1 aromatic rings. The third-order valence-electron chi connectivity index (χ3n) is 3.90. The van der Waals surface area contributed by atoms with Crippen molar-refractivity contribution in [2.24, 2.45) is 5.73 Å². The molecule has 1 aromatic carbocycles. The maximum atomic E-state index is 11.9. The summed E-state index contributed by atoms with van der Waals surface area (Å²) in [6.45, 7) is 0. The van der Waals surface area contributed by atoms with Crippen molar-refractivity contribution < 1.29 is 9.72 Å². The number of hydrogen-bond donors (Lipinski definition) is 2. The van der Waals surface area contributed by atoms with E-state index in [-0.39, 0.29) is 23.7 Å². The molecule has 6 nitrogen and oxygen atoms in total. The van der Waals surface area contributed by atoms with Crippen molar-refractivity contribution >= 4 is 11.6 Å². The minimum Gasteiger partial charge on any atom is -0.353 e. The molecule has 0 radical (unpaired) electrons. The lowest BCUT2D eigenvalue weighted by Crippen LogP contribution is -2.40. The van der Waals surface area contributed by atoms with Gasteiger partial charge in [-0.3, -0.25) is 14.9 Å². The first-order valence-electron chi connectivity index (χ1n) is 7.33. The number of carbonyl (C=O) groups excluding carboxylic acids is 1. The highest BCUT2D eigenvalue weighted by atomic mass is 16.6. The summed E-state index contributed by atoms with van der Waals surface area (Å²) in [5, 5.41) is 13.7. The maximum Gasteiger partial charge on any atom is 0.269 e. The number of non-ortho nitro benzene ring substituents is 1. The molecule has 1 saturated carbocycles. The molecule has 1 aliphatic rings.